The molecule has 2 atom stereocenters. The van der Waals surface area contributed by atoms with E-state index >= 15 is 0 Å². The van der Waals surface area contributed by atoms with Crippen molar-refractivity contribution in [2.45, 2.75) is 25.8 Å². The lowest BCUT2D eigenvalue weighted by molar-refractivity contribution is 0.220. The summed E-state index contributed by atoms with van der Waals surface area (Å²) >= 11 is 12.2. The summed E-state index contributed by atoms with van der Waals surface area (Å²) in [6, 6.07) is 4.72. The molecule has 0 radical (unpaired) electrons. The van der Waals surface area contributed by atoms with Crippen LogP contribution in [0, 0.1) is 0 Å². The van der Waals surface area contributed by atoms with Crippen LogP contribution in [0.25, 0.3) is 0 Å². The fraction of sp³-hybridized carbons (Fsp3) is 0.462. The van der Waals surface area contributed by atoms with Crippen LogP contribution in [0.2, 0.25) is 10.0 Å². The highest BCUT2D eigenvalue weighted by Gasteiger charge is 2.15. The smallest absolute Gasteiger partial charge is 0.315 e. The molecule has 4 nitrogen and oxygen atoms in total. The van der Waals surface area contributed by atoms with Crippen molar-refractivity contribution in [1.82, 2.24) is 10.6 Å². The van der Waals surface area contributed by atoms with E-state index in [4.69, 9.17) is 28.3 Å². The SMILES string of the molecule is CC(CO)NC(=O)NCC(C)c1c(Cl)cccc1Cl. The van der Waals surface area contributed by atoms with Crippen LogP contribution >= 0.6 is 23.2 Å². The van der Waals surface area contributed by atoms with Crippen molar-refractivity contribution in [1.29, 1.82) is 0 Å². The summed E-state index contributed by atoms with van der Waals surface area (Å²) in [5.41, 5.74) is 0.821. The highest BCUT2D eigenvalue weighted by molar-refractivity contribution is 6.36. The molecule has 1 aromatic carbocycles. The average molecular weight is 305 g/mol. The van der Waals surface area contributed by atoms with Gasteiger partial charge >= 0.3 is 6.03 Å². The third kappa shape index (κ3) is 4.90. The van der Waals surface area contributed by atoms with E-state index < -0.39 is 0 Å². The third-order valence-electron chi connectivity index (χ3n) is 2.71. The maximum absolute atomic E-state index is 11.5. The van der Waals surface area contributed by atoms with Crippen molar-refractivity contribution < 1.29 is 9.90 Å². The number of rotatable bonds is 5. The zero-order valence-electron chi connectivity index (χ0n) is 10.9. The van der Waals surface area contributed by atoms with E-state index in [2.05, 4.69) is 10.6 Å². The fourth-order valence-corrected chi connectivity index (χ4v) is 2.42. The van der Waals surface area contributed by atoms with E-state index in [1.165, 1.54) is 0 Å². The summed E-state index contributed by atoms with van der Waals surface area (Å²) in [4.78, 5) is 11.5. The van der Waals surface area contributed by atoms with Crippen LogP contribution in [0.15, 0.2) is 18.2 Å². The molecule has 0 fully saturated rings. The molecular weight excluding hydrogens is 287 g/mol. The number of amides is 2. The van der Waals surface area contributed by atoms with Crippen LogP contribution in [0.1, 0.15) is 25.3 Å². The predicted molar refractivity (Wildman–Crippen MR) is 78.0 cm³/mol. The van der Waals surface area contributed by atoms with Crippen LogP contribution < -0.4 is 10.6 Å². The lowest BCUT2D eigenvalue weighted by atomic mass is 10.0. The van der Waals surface area contributed by atoms with Gasteiger partial charge in [-0.05, 0) is 24.6 Å². The summed E-state index contributed by atoms with van der Waals surface area (Å²) in [6.07, 6.45) is 0. The Bertz CT molecular complexity index is 420. The predicted octanol–water partition coefficient (Wildman–Crippen LogP) is 2.78. The molecule has 0 spiro atoms. The molecule has 0 aliphatic carbocycles. The molecule has 0 saturated heterocycles. The van der Waals surface area contributed by atoms with E-state index in [0.29, 0.717) is 16.6 Å². The van der Waals surface area contributed by atoms with Crippen molar-refractivity contribution in [3.05, 3.63) is 33.8 Å². The van der Waals surface area contributed by atoms with Gasteiger partial charge in [0.1, 0.15) is 0 Å². The topological polar surface area (TPSA) is 61.4 Å². The van der Waals surface area contributed by atoms with Gasteiger partial charge in [0.05, 0.1) is 12.6 Å². The molecule has 6 heteroatoms. The largest absolute Gasteiger partial charge is 0.394 e. The molecular formula is C13H18Cl2N2O2. The molecule has 0 saturated carbocycles. The quantitative estimate of drug-likeness (QED) is 0.783. The van der Waals surface area contributed by atoms with Gasteiger partial charge in [-0.1, -0.05) is 36.2 Å². The molecule has 0 aliphatic heterocycles. The molecule has 0 bridgehead atoms. The fourth-order valence-electron chi connectivity index (χ4n) is 1.65. The first kappa shape index (κ1) is 16.1. The zero-order chi connectivity index (χ0) is 14.4. The molecule has 0 heterocycles. The second-order valence-corrected chi connectivity index (χ2v) is 5.29. The number of aliphatic hydroxyl groups is 1. The minimum Gasteiger partial charge on any atom is -0.394 e. The van der Waals surface area contributed by atoms with Crippen molar-refractivity contribution in [2.75, 3.05) is 13.2 Å². The highest BCUT2D eigenvalue weighted by atomic mass is 35.5. The van der Waals surface area contributed by atoms with Gasteiger partial charge in [-0.2, -0.15) is 0 Å². The Morgan fingerprint density at radius 2 is 1.89 bits per heavy atom. The molecule has 0 aromatic heterocycles. The van der Waals surface area contributed by atoms with Gasteiger partial charge in [0.25, 0.3) is 0 Å². The summed E-state index contributed by atoms with van der Waals surface area (Å²) in [5, 5.41) is 15.3. The van der Waals surface area contributed by atoms with Gasteiger partial charge in [0.15, 0.2) is 0 Å². The van der Waals surface area contributed by atoms with Gasteiger partial charge in [-0.15, -0.1) is 0 Å². The Labute approximate surface area is 123 Å². The van der Waals surface area contributed by atoms with Crippen molar-refractivity contribution in [2.24, 2.45) is 0 Å². The van der Waals surface area contributed by atoms with Crippen LogP contribution in [-0.4, -0.2) is 30.3 Å². The first-order chi connectivity index (χ1) is 8.95. The molecule has 1 aromatic rings. The Kier molecular flexibility index (Phi) is 6.42. The van der Waals surface area contributed by atoms with Crippen molar-refractivity contribution in [3.8, 4) is 0 Å². The van der Waals surface area contributed by atoms with Crippen LogP contribution in [0.5, 0.6) is 0 Å². The number of halogens is 2. The first-order valence-corrected chi connectivity index (χ1v) is 6.80. The van der Waals surface area contributed by atoms with Crippen LogP contribution in [-0.2, 0) is 0 Å². The van der Waals surface area contributed by atoms with Crippen LogP contribution in [0.3, 0.4) is 0 Å². The Morgan fingerprint density at radius 3 is 2.42 bits per heavy atom. The number of benzene rings is 1. The number of carbonyl (C=O) groups is 1. The van der Waals surface area contributed by atoms with E-state index in [1.807, 2.05) is 6.92 Å². The second-order valence-electron chi connectivity index (χ2n) is 4.47. The molecule has 1 rings (SSSR count). The molecule has 106 valence electrons. The summed E-state index contributed by atoms with van der Waals surface area (Å²) in [6.45, 7) is 3.96. The van der Waals surface area contributed by atoms with Gasteiger partial charge in [0.2, 0.25) is 0 Å². The maximum Gasteiger partial charge on any atom is 0.315 e. The number of aliphatic hydroxyl groups excluding tert-OH is 1. The Morgan fingerprint density at radius 1 is 1.32 bits per heavy atom. The Hall–Kier alpha value is -0.970. The number of nitrogens with one attached hydrogen (secondary N) is 2. The minimum absolute atomic E-state index is 0.00335. The van der Waals surface area contributed by atoms with E-state index in [9.17, 15) is 4.79 Å². The molecule has 0 aliphatic rings. The van der Waals surface area contributed by atoms with Crippen LogP contribution in [0.4, 0.5) is 4.79 Å². The number of urea groups is 1. The van der Waals surface area contributed by atoms with Gasteiger partial charge in [-0.3, -0.25) is 0 Å². The van der Waals surface area contributed by atoms with Crippen molar-refractivity contribution >= 4 is 29.2 Å². The van der Waals surface area contributed by atoms with E-state index in [-0.39, 0.29) is 24.6 Å². The van der Waals surface area contributed by atoms with E-state index in [1.54, 1.807) is 25.1 Å². The number of carbonyl (C=O) groups excluding carboxylic acids is 1. The summed E-state index contributed by atoms with van der Waals surface area (Å²) in [5.74, 6) is -0.00335. The normalized spacial score (nSPS) is 13.7. The summed E-state index contributed by atoms with van der Waals surface area (Å²) < 4.78 is 0. The third-order valence-corrected chi connectivity index (χ3v) is 3.37. The van der Waals surface area contributed by atoms with Crippen molar-refractivity contribution in [3.63, 3.8) is 0 Å². The van der Waals surface area contributed by atoms with E-state index in [0.717, 1.165) is 5.56 Å². The van der Waals surface area contributed by atoms with Gasteiger partial charge < -0.3 is 15.7 Å². The first-order valence-electron chi connectivity index (χ1n) is 6.04. The highest BCUT2D eigenvalue weighted by Crippen LogP contribution is 2.30. The average Bonchev–Trinajstić information content (AvgIpc) is 2.36. The lowest BCUT2D eigenvalue weighted by Gasteiger charge is -2.17. The number of hydrogen-bond acceptors (Lipinski definition) is 2. The molecule has 2 unspecified atom stereocenters. The minimum atomic E-state index is -0.323. The molecule has 3 N–H and O–H groups in total. The molecule has 19 heavy (non-hydrogen) atoms. The monoisotopic (exact) mass is 304 g/mol. The van der Waals surface area contributed by atoms with Gasteiger partial charge in [0, 0.05) is 22.5 Å². The zero-order valence-corrected chi connectivity index (χ0v) is 12.4. The lowest BCUT2D eigenvalue weighted by Crippen LogP contribution is -2.43. The molecule has 2 amide bonds. The number of hydrogen-bond donors (Lipinski definition) is 3. The second kappa shape index (κ2) is 7.58. The Balaban J connectivity index is 2.56. The standard InChI is InChI=1S/C13H18Cl2N2O2/c1-8(6-16-13(19)17-9(2)7-18)12-10(14)4-3-5-11(12)15/h3-5,8-9,18H,6-7H2,1-2H3,(H2,16,17,19). The maximum atomic E-state index is 11.5. The van der Waals surface area contributed by atoms with Gasteiger partial charge in [-0.25, -0.2) is 4.79 Å². The summed E-state index contributed by atoms with van der Waals surface area (Å²) in [7, 11) is 0.